The molecule has 2 amide bonds. The number of likely N-dealkylation sites (tertiary alicyclic amines) is 1. The maximum Gasteiger partial charge on any atom is 0.410 e. The Morgan fingerprint density at radius 1 is 0.979 bits per heavy atom. The van der Waals surface area contributed by atoms with Crippen LogP contribution in [0.2, 0.25) is 0 Å². The lowest BCUT2D eigenvalue weighted by molar-refractivity contribution is 0.0234. The van der Waals surface area contributed by atoms with Gasteiger partial charge >= 0.3 is 6.09 Å². The van der Waals surface area contributed by atoms with Gasteiger partial charge in [0.05, 0.1) is 25.3 Å². The Bertz CT molecular complexity index is 1350. The van der Waals surface area contributed by atoms with E-state index in [0.29, 0.717) is 69.2 Å². The van der Waals surface area contributed by atoms with Crippen LogP contribution in [0.25, 0.3) is 0 Å². The third-order valence-electron chi connectivity index (χ3n) is 8.28. The third-order valence-corrected chi connectivity index (χ3v) is 8.28. The van der Waals surface area contributed by atoms with Gasteiger partial charge in [-0.1, -0.05) is 12.1 Å². The number of hydrogen-bond donors (Lipinski definition) is 4. The number of nitrogen functional groups attached to an aromatic ring is 1. The van der Waals surface area contributed by atoms with E-state index < -0.39 is 11.7 Å². The van der Waals surface area contributed by atoms with Crippen molar-refractivity contribution >= 4 is 23.6 Å². The molecule has 1 aliphatic carbocycles. The van der Waals surface area contributed by atoms with Gasteiger partial charge in [-0.25, -0.2) is 9.79 Å². The summed E-state index contributed by atoms with van der Waals surface area (Å²) in [6, 6.07) is 12.7. The van der Waals surface area contributed by atoms with Crippen molar-refractivity contribution in [1.29, 1.82) is 0 Å². The standard InChI is InChI=1S/C35H53N7O5/c1-34(2,3)47-33(44)42(18-6-20-45-28-11-8-26(9-12-28)23-39-32(37)38)19-7-21-46-30-22-27(36)10-13-29(30)31(43)40-24-35(14-15-35)25-41-16-4-5-17-41/h8-13,22H,4-7,14-21,23-25,36H2,1-3H3,(H,40,43)(H4,37,38,39). The topological polar surface area (TPSA) is 171 Å². The van der Waals surface area contributed by atoms with Gasteiger partial charge in [-0.2, -0.15) is 0 Å². The van der Waals surface area contributed by atoms with Crippen LogP contribution >= 0.6 is 0 Å². The van der Waals surface area contributed by atoms with E-state index in [1.807, 2.05) is 45.0 Å². The van der Waals surface area contributed by atoms with E-state index in [2.05, 4.69) is 15.2 Å². The summed E-state index contributed by atoms with van der Waals surface area (Å²) in [6.45, 7) is 11.5. The Kier molecular flexibility index (Phi) is 12.6. The molecule has 1 aliphatic heterocycles. The molecule has 0 unspecified atom stereocenters. The number of carbonyl (C=O) groups excluding carboxylic acids is 2. The predicted octanol–water partition coefficient (Wildman–Crippen LogP) is 4.12. The number of anilines is 1. The average Bonchev–Trinajstić information content (AvgIpc) is 3.59. The Morgan fingerprint density at radius 3 is 2.26 bits per heavy atom. The molecule has 4 rings (SSSR count). The van der Waals surface area contributed by atoms with Crippen LogP contribution in [0, 0.1) is 5.41 Å². The van der Waals surface area contributed by atoms with E-state index in [1.54, 1.807) is 23.1 Å². The Balaban J connectivity index is 1.25. The zero-order chi connectivity index (χ0) is 33.9. The molecule has 12 nitrogen and oxygen atoms in total. The number of rotatable bonds is 17. The molecule has 0 spiro atoms. The number of nitrogens with zero attached hydrogens (tertiary/aromatic N) is 3. The Hall–Kier alpha value is -4.19. The molecule has 12 heteroatoms. The van der Waals surface area contributed by atoms with Gasteiger partial charge in [0, 0.05) is 43.3 Å². The van der Waals surface area contributed by atoms with Crippen LogP contribution in [0.4, 0.5) is 10.5 Å². The summed E-state index contributed by atoms with van der Waals surface area (Å²) in [5.74, 6) is 1.05. The smallest absolute Gasteiger partial charge is 0.410 e. The minimum Gasteiger partial charge on any atom is -0.494 e. The highest BCUT2D eigenvalue weighted by atomic mass is 16.6. The number of benzene rings is 2. The molecule has 0 aromatic heterocycles. The number of guanidine groups is 1. The molecule has 0 radical (unpaired) electrons. The average molecular weight is 652 g/mol. The van der Waals surface area contributed by atoms with E-state index in [1.165, 1.54) is 12.8 Å². The second kappa shape index (κ2) is 16.6. The molecule has 2 aromatic carbocycles. The quantitative estimate of drug-likeness (QED) is 0.0850. The van der Waals surface area contributed by atoms with E-state index in [0.717, 1.165) is 43.8 Å². The van der Waals surface area contributed by atoms with E-state index in [9.17, 15) is 9.59 Å². The lowest BCUT2D eigenvalue weighted by Gasteiger charge is -2.27. The molecule has 47 heavy (non-hydrogen) atoms. The minimum atomic E-state index is -0.625. The fraction of sp³-hybridized carbons (Fsp3) is 0.571. The molecular formula is C35H53N7O5. The summed E-state index contributed by atoms with van der Waals surface area (Å²) in [7, 11) is 0. The highest BCUT2D eigenvalue weighted by molar-refractivity contribution is 5.97. The second-order valence-electron chi connectivity index (χ2n) is 13.7. The summed E-state index contributed by atoms with van der Waals surface area (Å²) in [5, 5.41) is 3.15. The van der Waals surface area contributed by atoms with Crippen molar-refractivity contribution in [2.75, 3.05) is 58.2 Å². The molecule has 2 aliphatic rings. The second-order valence-corrected chi connectivity index (χ2v) is 13.7. The molecule has 1 saturated carbocycles. The van der Waals surface area contributed by atoms with Crippen LogP contribution < -0.4 is 32.0 Å². The molecule has 2 aromatic rings. The van der Waals surface area contributed by atoms with Gasteiger partial charge in [-0.15, -0.1) is 0 Å². The molecule has 258 valence electrons. The molecule has 1 saturated heterocycles. The normalized spacial score (nSPS) is 15.5. The first-order chi connectivity index (χ1) is 22.4. The molecule has 7 N–H and O–H groups in total. The predicted molar refractivity (Wildman–Crippen MR) is 185 cm³/mol. The number of carbonyl (C=O) groups is 2. The first-order valence-corrected chi connectivity index (χ1v) is 16.7. The number of nitrogens with two attached hydrogens (primary N) is 3. The van der Waals surface area contributed by atoms with Crippen molar-refractivity contribution in [2.45, 2.75) is 71.4 Å². The molecule has 0 atom stereocenters. The zero-order valence-electron chi connectivity index (χ0n) is 28.3. The van der Waals surface area contributed by atoms with Crippen molar-refractivity contribution < 1.29 is 23.8 Å². The van der Waals surface area contributed by atoms with Gasteiger partial charge in [-0.3, -0.25) is 4.79 Å². The summed E-state index contributed by atoms with van der Waals surface area (Å²) < 4.78 is 17.6. The summed E-state index contributed by atoms with van der Waals surface area (Å²) in [5.41, 5.74) is 18.4. The minimum absolute atomic E-state index is 0.0495. The molecular weight excluding hydrogens is 598 g/mol. The van der Waals surface area contributed by atoms with E-state index >= 15 is 0 Å². The molecule has 2 fully saturated rings. The number of hydrogen-bond acceptors (Lipinski definition) is 8. The number of aliphatic imine (C=N–C) groups is 1. The Morgan fingerprint density at radius 2 is 1.64 bits per heavy atom. The lowest BCUT2D eigenvalue weighted by Crippen LogP contribution is -2.39. The van der Waals surface area contributed by atoms with Gasteiger partial charge in [0.25, 0.3) is 5.91 Å². The third kappa shape index (κ3) is 12.2. The van der Waals surface area contributed by atoms with Crippen LogP contribution in [0.15, 0.2) is 47.5 Å². The van der Waals surface area contributed by atoms with Crippen molar-refractivity contribution in [3.8, 4) is 11.5 Å². The molecule has 1 heterocycles. The highest BCUT2D eigenvalue weighted by Crippen LogP contribution is 2.46. The first kappa shape index (κ1) is 35.7. The molecule has 0 bridgehead atoms. The van der Waals surface area contributed by atoms with Crippen molar-refractivity contribution in [2.24, 2.45) is 21.9 Å². The summed E-state index contributed by atoms with van der Waals surface area (Å²) in [4.78, 5) is 34.4. The summed E-state index contributed by atoms with van der Waals surface area (Å²) in [6.07, 6.45) is 5.55. The Labute approximate surface area is 279 Å². The first-order valence-electron chi connectivity index (χ1n) is 16.7. The number of nitrogens with one attached hydrogen (secondary N) is 1. The van der Waals surface area contributed by atoms with Crippen molar-refractivity contribution in [3.63, 3.8) is 0 Å². The summed E-state index contributed by atoms with van der Waals surface area (Å²) >= 11 is 0. The van der Waals surface area contributed by atoms with Crippen LogP contribution in [0.3, 0.4) is 0 Å². The monoisotopic (exact) mass is 651 g/mol. The van der Waals surface area contributed by atoms with Gasteiger partial charge in [0.1, 0.15) is 17.1 Å². The van der Waals surface area contributed by atoms with Crippen LogP contribution in [0.5, 0.6) is 11.5 Å². The van der Waals surface area contributed by atoms with Crippen LogP contribution in [-0.2, 0) is 11.3 Å². The number of amides is 2. The van der Waals surface area contributed by atoms with Gasteiger partial charge in [0.15, 0.2) is 5.96 Å². The number of ether oxygens (including phenoxy) is 3. The van der Waals surface area contributed by atoms with Gasteiger partial charge < -0.3 is 46.5 Å². The van der Waals surface area contributed by atoms with Gasteiger partial charge in [-0.05, 0) is 102 Å². The fourth-order valence-corrected chi connectivity index (χ4v) is 5.57. The van der Waals surface area contributed by atoms with Crippen molar-refractivity contribution in [1.82, 2.24) is 15.1 Å². The van der Waals surface area contributed by atoms with Crippen molar-refractivity contribution in [3.05, 3.63) is 53.6 Å². The van der Waals surface area contributed by atoms with E-state index in [-0.39, 0.29) is 17.3 Å². The van der Waals surface area contributed by atoms with E-state index in [4.69, 9.17) is 31.4 Å². The van der Waals surface area contributed by atoms with Gasteiger partial charge in [0.2, 0.25) is 0 Å². The lowest BCUT2D eigenvalue weighted by atomic mass is 10.1. The fourth-order valence-electron chi connectivity index (χ4n) is 5.57. The SMILES string of the molecule is CC(C)(C)OC(=O)N(CCCOc1ccc(CN=C(N)N)cc1)CCCOc1cc(N)ccc1C(=O)NCC1(CN2CCCC2)CC1. The van der Waals surface area contributed by atoms with Crippen LogP contribution in [-0.4, -0.2) is 85.8 Å². The maximum absolute atomic E-state index is 13.2. The highest BCUT2D eigenvalue weighted by Gasteiger charge is 2.44. The largest absolute Gasteiger partial charge is 0.494 e. The maximum atomic E-state index is 13.2. The zero-order valence-corrected chi connectivity index (χ0v) is 28.3. The van der Waals surface area contributed by atoms with Crippen LogP contribution in [0.1, 0.15) is 75.2 Å².